The van der Waals surface area contributed by atoms with Crippen LogP contribution in [-0.2, 0) is 35.6 Å². The van der Waals surface area contributed by atoms with E-state index >= 15 is 4.79 Å². The molecule has 69 heavy (non-hydrogen) atoms. The number of benzene rings is 3. The molecule has 4 amide bonds. The highest BCUT2D eigenvalue weighted by Gasteiger charge is 2.64. The lowest BCUT2D eigenvalue weighted by Crippen LogP contribution is -2.60. The van der Waals surface area contributed by atoms with Crippen molar-refractivity contribution in [3.05, 3.63) is 103 Å². The number of alkyl carbamates (subject to hydrolysis) is 1. The van der Waals surface area contributed by atoms with Gasteiger partial charge < -0.3 is 29.7 Å². The third kappa shape index (κ3) is 10.5. The number of methoxy groups -OCH3 is 1. The first-order chi connectivity index (χ1) is 32.8. The first-order valence-electron chi connectivity index (χ1n) is 24.3. The van der Waals surface area contributed by atoms with Gasteiger partial charge in [0.05, 0.1) is 29.6 Å². The normalized spacial score (nSPS) is 25.5. The van der Waals surface area contributed by atoms with E-state index in [1.807, 2.05) is 99.6 Å². The Bertz CT molecular complexity index is 2690. The van der Waals surface area contributed by atoms with Gasteiger partial charge in [-0.15, -0.1) is 6.58 Å². The number of nitrogens with one attached hydrogen (secondary N) is 3. The summed E-state index contributed by atoms with van der Waals surface area (Å²) in [5.74, 6) is -0.725. The molecule has 3 aliphatic carbocycles. The van der Waals surface area contributed by atoms with Crippen LogP contribution in [0, 0.1) is 29.1 Å². The van der Waals surface area contributed by atoms with Crippen molar-refractivity contribution in [2.24, 2.45) is 29.1 Å². The van der Waals surface area contributed by atoms with E-state index in [0.717, 1.165) is 30.4 Å². The number of carbonyl (C=O) groups excluding carboxylic acids is 4. The van der Waals surface area contributed by atoms with Crippen LogP contribution in [0.3, 0.4) is 0 Å². The number of ether oxygens (including phenoxy) is 3. The van der Waals surface area contributed by atoms with Gasteiger partial charge in [0.15, 0.2) is 0 Å². The fraction of sp³-hybridized carbons (Fsp3) is 0.500. The Hall–Kier alpha value is -5.96. The topological polar surface area (TPSA) is 182 Å². The van der Waals surface area contributed by atoms with Crippen molar-refractivity contribution in [1.29, 1.82) is 0 Å². The number of sulfonamides is 1. The van der Waals surface area contributed by atoms with Crippen molar-refractivity contribution in [3.8, 4) is 22.8 Å². The number of aromatic nitrogens is 1. The minimum Gasteiger partial charge on any atom is -0.497 e. The Morgan fingerprint density at radius 3 is 2.28 bits per heavy atom. The molecule has 0 spiro atoms. The third-order valence-corrected chi connectivity index (χ3v) is 17.0. The Kier molecular flexibility index (Phi) is 13.9. The molecule has 8 rings (SSSR count). The minimum absolute atomic E-state index is 0.00446. The monoisotopic (exact) mass is 961 g/mol. The Labute approximate surface area is 406 Å². The Morgan fingerprint density at radius 1 is 0.957 bits per heavy atom. The molecule has 1 aromatic heterocycles. The number of hydrogen-bond acceptors (Lipinski definition) is 10. The molecule has 368 valence electrons. The summed E-state index contributed by atoms with van der Waals surface area (Å²) >= 11 is 0. The van der Waals surface area contributed by atoms with E-state index < -0.39 is 73.6 Å². The molecular formula is C54H67N5O9S. The van der Waals surface area contributed by atoms with E-state index in [2.05, 4.69) is 42.7 Å². The third-order valence-electron chi connectivity index (χ3n) is 14.8. The number of rotatable bonds is 16. The quantitative estimate of drug-likeness (QED) is 0.0928. The predicted molar refractivity (Wildman–Crippen MR) is 265 cm³/mol. The van der Waals surface area contributed by atoms with E-state index in [0.29, 0.717) is 52.8 Å². The molecule has 2 heterocycles. The zero-order valence-corrected chi connectivity index (χ0v) is 41.6. The van der Waals surface area contributed by atoms with E-state index in [4.69, 9.17) is 19.2 Å². The van der Waals surface area contributed by atoms with E-state index in [1.54, 1.807) is 13.2 Å². The summed E-state index contributed by atoms with van der Waals surface area (Å²) in [4.78, 5) is 64.7. The first kappa shape index (κ1) is 49.5. The van der Waals surface area contributed by atoms with E-state index in [1.165, 1.54) is 11.0 Å². The molecule has 4 aromatic rings. The zero-order valence-electron chi connectivity index (χ0n) is 40.8. The summed E-state index contributed by atoms with van der Waals surface area (Å²) in [5, 5.41) is 6.51. The van der Waals surface area contributed by atoms with Crippen molar-refractivity contribution in [1.82, 2.24) is 25.2 Å². The van der Waals surface area contributed by atoms with Crippen molar-refractivity contribution in [3.63, 3.8) is 0 Å². The van der Waals surface area contributed by atoms with Gasteiger partial charge in [-0.3, -0.25) is 19.1 Å². The molecule has 1 aliphatic heterocycles. The molecule has 0 radical (unpaired) electrons. The highest BCUT2D eigenvalue weighted by Crippen LogP contribution is 2.49. The van der Waals surface area contributed by atoms with Gasteiger partial charge in [-0.2, -0.15) is 0 Å². The average molecular weight is 962 g/mol. The van der Waals surface area contributed by atoms with Crippen LogP contribution in [0.25, 0.3) is 22.2 Å². The number of hydrogen-bond donors (Lipinski definition) is 3. The summed E-state index contributed by atoms with van der Waals surface area (Å²) < 4.78 is 47.7. The first-order valence-corrected chi connectivity index (χ1v) is 25.8. The predicted octanol–water partition coefficient (Wildman–Crippen LogP) is 8.14. The molecule has 8 atom stereocenters. The van der Waals surface area contributed by atoms with Crippen LogP contribution in [0.2, 0.25) is 0 Å². The molecular weight excluding hydrogens is 895 g/mol. The van der Waals surface area contributed by atoms with Crippen molar-refractivity contribution in [2.45, 2.75) is 127 Å². The fourth-order valence-electron chi connectivity index (χ4n) is 10.4. The number of fused-ring (bicyclic) bond motifs is 1. The van der Waals surface area contributed by atoms with Crippen LogP contribution < -0.4 is 24.8 Å². The molecule has 3 saturated carbocycles. The van der Waals surface area contributed by atoms with Gasteiger partial charge in [-0.05, 0) is 79.4 Å². The van der Waals surface area contributed by atoms with Crippen LogP contribution in [0.1, 0.15) is 92.1 Å². The summed E-state index contributed by atoms with van der Waals surface area (Å²) in [6.45, 7) is 15.7. The maximum atomic E-state index is 15.2. The number of pyridine rings is 1. The molecule has 8 unspecified atom stereocenters. The second-order valence-corrected chi connectivity index (χ2v) is 23.3. The lowest BCUT2D eigenvalue weighted by molar-refractivity contribution is -0.143. The summed E-state index contributed by atoms with van der Waals surface area (Å²) in [6.07, 6.45) is 3.58. The zero-order chi connectivity index (χ0) is 49.5. The Morgan fingerprint density at radius 2 is 1.65 bits per heavy atom. The maximum absolute atomic E-state index is 15.2. The summed E-state index contributed by atoms with van der Waals surface area (Å²) in [7, 11) is -2.61. The molecule has 0 bridgehead atoms. The summed E-state index contributed by atoms with van der Waals surface area (Å²) in [5.41, 5.74) is 0.444. The van der Waals surface area contributed by atoms with Crippen molar-refractivity contribution in [2.75, 3.05) is 13.7 Å². The lowest BCUT2D eigenvalue weighted by atomic mass is 9.75. The van der Waals surface area contributed by atoms with Gasteiger partial charge in [-0.25, -0.2) is 18.2 Å². The smallest absolute Gasteiger partial charge is 0.408 e. The van der Waals surface area contributed by atoms with Crippen LogP contribution in [0.5, 0.6) is 11.5 Å². The number of nitrogens with zero attached hydrogens (tertiary/aromatic N) is 2. The van der Waals surface area contributed by atoms with Crippen molar-refractivity contribution >= 4 is 44.7 Å². The number of carbonyl (C=O) groups is 4. The maximum Gasteiger partial charge on any atom is 0.408 e. The molecule has 4 aliphatic rings. The van der Waals surface area contributed by atoms with Gasteiger partial charge in [0, 0.05) is 35.4 Å². The summed E-state index contributed by atoms with van der Waals surface area (Å²) in [6, 6.07) is 23.9. The molecule has 14 nitrogen and oxygen atoms in total. The SMILES string of the molecule is C=CC1CC1(NC(=O)C1CC(Oc2cc(-c3ccccc3)nc3cc(OC)ccc23)CN1C(=O)C(NC(=O)OC1CC(C)CCC1C(C)C)C(C)(C)C)C(=O)NS(=O)(=O)C1(Cc2ccccc2)CC1. The van der Waals surface area contributed by atoms with Gasteiger partial charge in [0.2, 0.25) is 21.8 Å². The van der Waals surface area contributed by atoms with Gasteiger partial charge in [-0.1, -0.05) is 115 Å². The second-order valence-electron chi connectivity index (χ2n) is 21.2. The lowest BCUT2D eigenvalue weighted by Gasteiger charge is -2.38. The molecule has 3 N–H and O–H groups in total. The van der Waals surface area contributed by atoms with Gasteiger partial charge in [0.1, 0.15) is 41.3 Å². The molecule has 1 saturated heterocycles. The highest BCUT2D eigenvalue weighted by atomic mass is 32.2. The van der Waals surface area contributed by atoms with Crippen LogP contribution in [0.4, 0.5) is 4.79 Å². The minimum atomic E-state index is -4.19. The number of amides is 4. The van der Waals surface area contributed by atoms with Crippen molar-refractivity contribution < 1.29 is 41.8 Å². The Balaban J connectivity index is 1.09. The van der Waals surface area contributed by atoms with Gasteiger partial charge >= 0.3 is 6.09 Å². The van der Waals surface area contributed by atoms with E-state index in [-0.39, 0.29) is 37.8 Å². The average Bonchev–Trinajstić information content (AvgIpc) is 4.22. The van der Waals surface area contributed by atoms with Crippen LogP contribution in [0.15, 0.2) is 97.6 Å². The molecule has 4 fully saturated rings. The number of likely N-dealkylation sites (tertiary alicyclic amines) is 1. The molecule has 15 heteroatoms. The largest absolute Gasteiger partial charge is 0.497 e. The highest BCUT2D eigenvalue weighted by molar-refractivity contribution is 7.91. The molecule has 3 aromatic carbocycles. The second kappa shape index (κ2) is 19.4. The van der Waals surface area contributed by atoms with Crippen LogP contribution in [-0.4, -0.2) is 90.3 Å². The van der Waals surface area contributed by atoms with E-state index in [9.17, 15) is 22.8 Å². The van der Waals surface area contributed by atoms with Gasteiger partial charge in [0.25, 0.3) is 5.91 Å². The van der Waals surface area contributed by atoms with Crippen LogP contribution >= 0.6 is 0 Å². The standard InChI is InChI=1S/C54H67N5O9S/c1-9-37-31-54(37,50(62)58-69(64,65)53(24-25-53)30-35-16-12-10-13-17-35)57-48(60)44-28-39(67-46-29-42(36-18-14-11-15-19-36)55-43-27-38(66-8)21-23-41(43)46)32-59(44)49(61)47(52(5,6)7)56-51(63)68-45-26-34(4)20-22-40(45)33(2)3/h9-19,21,23,27,29,33-34,37,39-40,44-45,47H,1,20,22,24-26,28,30-32H2,2-8H3,(H,56,63)(H,57,60)(H,58,62). The fourth-order valence-corrected chi connectivity index (χ4v) is 12.0.